The van der Waals surface area contributed by atoms with E-state index in [2.05, 4.69) is 5.32 Å². The molecule has 0 bridgehead atoms. The Labute approximate surface area is 75.8 Å². The zero-order valence-corrected chi connectivity index (χ0v) is 7.14. The van der Waals surface area contributed by atoms with Crippen molar-refractivity contribution in [3.05, 3.63) is 35.1 Å². The number of rotatable bonds is 0. The number of hydrogen-bond donors (Lipinski definition) is 1. The number of halogens is 1. The van der Waals surface area contributed by atoms with Crippen molar-refractivity contribution in [3.63, 3.8) is 0 Å². The third-order valence-corrected chi connectivity index (χ3v) is 2.30. The van der Waals surface area contributed by atoms with E-state index in [9.17, 15) is 9.18 Å². The summed E-state index contributed by atoms with van der Waals surface area (Å²) in [5, 5.41) is 2.66. The molecule has 1 amide bonds. The quantitative estimate of drug-likeness (QED) is 0.640. The molecule has 0 fully saturated rings. The summed E-state index contributed by atoms with van der Waals surface area (Å²) in [6, 6.07) is 4.99. The highest BCUT2D eigenvalue weighted by atomic mass is 19.1. The van der Waals surface area contributed by atoms with Crippen LogP contribution in [0.4, 0.5) is 4.39 Å². The first-order valence-electron chi connectivity index (χ1n) is 4.30. The fourth-order valence-electron chi connectivity index (χ4n) is 1.56. The van der Waals surface area contributed by atoms with E-state index in [0.29, 0.717) is 24.9 Å². The number of carbonyl (C=O) groups excluding carboxylic acids is 1. The van der Waals surface area contributed by atoms with Gasteiger partial charge in [0, 0.05) is 18.5 Å². The molecule has 0 aromatic heterocycles. The van der Waals surface area contributed by atoms with Crippen molar-refractivity contribution < 1.29 is 9.18 Å². The van der Waals surface area contributed by atoms with Gasteiger partial charge in [-0.3, -0.25) is 4.79 Å². The third-order valence-electron chi connectivity index (χ3n) is 2.30. The Balaban J connectivity index is 2.40. The lowest BCUT2D eigenvalue weighted by atomic mass is 10.0. The van der Waals surface area contributed by atoms with Crippen LogP contribution in [-0.2, 0) is 17.8 Å². The second kappa shape index (κ2) is 3.17. The van der Waals surface area contributed by atoms with Crippen LogP contribution in [0.5, 0.6) is 0 Å². The van der Waals surface area contributed by atoms with Gasteiger partial charge in [-0.2, -0.15) is 0 Å². The number of benzene rings is 1. The minimum Gasteiger partial charge on any atom is -0.352 e. The molecule has 0 spiro atoms. The predicted octanol–water partition coefficient (Wildman–Crippen LogP) is 1.39. The molecule has 1 aromatic rings. The normalized spacial score (nSPS) is 15.9. The highest BCUT2D eigenvalue weighted by molar-refractivity contribution is 5.76. The Kier molecular flexibility index (Phi) is 2.00. The van der Waals surface area contributed by atoms with E-state index in [0.717, 1.165) is 5.56 Å². The molecule has 1 aliphatic heterocycles. The highest BCUT2D eigenvalue weighted by Gasteiger charge is 2.14. The highest BCUT2D eigenvalue weighted by Crippen LogP contribution is 2.17. The second-order valence-electron chi connectivity index (χ2n) is 3.15. The van der Waals surface area contributed by atoms with Gasteiger partial charge in [-0.1, -0.05) is 12.1 Å². The van der Waals surface area contributed by atoms with E-state index in [1.807, 2.05) is 6.07 Å². The van der Waals surface area contributed by atoms with Crippen LogP contribution in [0.15, 0.2) is 18.2 Å². The third kappa shape index (κ3) is 1.54. The van der Waals surface area contributed by atoms with Gasteiger partial charge in [0.15, 0.2) is 0 Å². The first kappa shape index (κ1) is 8.23. The summed E-state index contributed by atoms with van der Waals surface area (Å²) >= 11 is 0. The van der Waals surface area contributed by atoms with E-state index >= 15 is 0 Å². The van der Waals surface area contributed by atoms with Crippen molar-refractivity contribution in [2.24, 2.45) is 0 Å². The molecule has 1 N–H and O–H groups in total. The first-order chi connectivity index (χ1) is 6.27. The fourth-order valence-corrected chi connectivity index (χ4v) is 1.56. The summed E-state index contributed by atoms with van der Waals surface area (Å²) in [6.07, 6.45) is 1.09. The van der Waals surface area contributed by atoms with Crippen LogP contribution < -0.4 is 5.32 Å². The van der Waals surface area contributed by atoms with Crippen molar-refractivity contribution >= 4 is 5.91 Å². The lowest BCUT2D eigenvalue weighted by Crippen LogP contribution is -2.20. The molecule has 0 unspecified atom stereocenters. The van der Waals surface area contributed by atoms with Crippen molar-refractivity contribution in [3.8, 4) is 0 Å². The molecule has 2 rings (SSSR count). The average molecular weight is 179 g/mol. The Morgan fingerprint density at radius 1 is 1.31 bits per heavy atom. The molecule has 1 aromatic carbocycles. The predicted molar refractivity (Wildman–Crippen MR) is 46.6 cm³/mol. The van der Waals surface area contributed by atoms with E-state index in [1.165, 1.54) is 6.07 Å². The zero-order chi connectivity index (χ0) is 9.26. The number of aryl methyl sites for hydroxylation is 1. The minimum atomic E-state index is -0.222. The van der Waals surface area contributed by atoms with Crippen LogP contribution in [0.3, 0.4) is 0 Å². The van der Waals surface area contributed by atoms with Crippen LogP contribution in [0.25, 0.3) is 0 Å². The van der Waals surface area contributed by atoms with Gasteiger partial charge >= 0.3 is 0 Å². The van der Waals surface area contributed by atoms with Gasteiger partial charge < -0.3 is 5.32 Å². The number of hydrogen-bond acceptors (Lipinski definition) is 1. The van der Waals surface area contributed by atoms with E-state index in [4.69, 9.17) is 0 Å². The smallest absolute Gasteiger partial charge is 0.220 e. The summed E-state index contributed by atoms with van der Waals surface area (Å²) in [6.45, 7) is 0.320. The topological polar surface area (TPSA) is 29.1 Å². The van der Waals surface area contributed by atoms with Gasteiger partial charge in [0.25, 0.3) is 0 Å². The van der Waals surface area contributed by atoms with Gasteiger partial charge in [-0.15, -0.1) is 0 Å². The maximum Gasteiger partial charge on any atom is 0.220 e. The Hall–Kier alpha value is -1.38. The van der Waals surface area contributed by atoms with Crippen LogP contribution in [0.2, 0.25) is 0 Å². The van der Waals surface area contributed by atoms with Gasteiger partial charge in [-0.05, 0) is 18.1 Å². The molecule has 3 heteroatoms. The van der Waals surface area contributed by atoms with Gasteiger partial charge in [-0.25, -0.2) is 4.39 Å². The van der Waals surface area contributed by atoms with Crippen molar-refractivity contribution in [2.75, 3.05) is 0 Å². The van der Waals surface area contributed by atoms with E-state index < -0.39 is 0 Å². The van der Waals surface area contributed by atoms with Gasteiger partial charge in [0.1, 0.15) is 5.82 Å². The molecule has 1 heterocycles. The summed E-state index contributed by atoms with van der Waals surface area (Å²) in [4.78, 5) is 11.0. The molecule has 1 aliphatic rings. The standard InChI is InChI=1S/C10H10FNO/c11-9-3-1-2-7-4-5-10(13)12-6-8(7)9/h1-3H,4-6H2,(H,12,13). The van der Waals surface area contributed by atoms with E-state index in [1.54, 1.807) is 6.07 Å². The molecule has 2 nitrogen and oxygen atoms in total. The van der Waals surface area contributed by atoms with Crippen LogP contribution in [0, 0.1) is 5.82 Å². The van der Waals surface area contributed by atoms with Crippen LogP contribution >= 0.6 is 0 Å². The maximum absolute atomic E-state index is 13.2. The average Bonchev–Trinajstić information content (AvgIpc) is 2.30. The number of nitrogens with one attached hydrogen (secondary N) is 1. The molecule has 0 atom stereocenters. The minimum absolute atomic E-state index is 0.00407. The Morgan fingerprint density at radius 2 is 2.15 bits per heavy atom. The zero-order valence-electron chi connectivity index (χ0n) is 7.14. The lowest BCUT2D eigenvalue weighted by Gasteiger charge is -2.04. The van der Waals surface area contributed by atoms with Gasteiger partial charge in [0.2, 0.25) is 5.91 Å². The van der Waals surface area contributed by atoms with Crippen molar-refractivity contribution in [1.82, 2.24) is 5.32 Å². The summed E-state index contributed by atoms with van der Waals surface area (Å²) in [5.74, 6) is -0.227. The Bertz CT molecular complexity index is 349. The largest absolute Gasteiger partial charge is 0.352 e. The molecule has 13 heavy (non-hydrogen) atoms. The lowest BCUT2D eigenvalue weighted by molar-refractivity contribution is -0.121. The second-order valence-corrected chi connectivity index (χ2v) is 3.15. The molecule has 0 radical (unpaired) electrons. The number of fused-ring (bicyclic) bond motifs is 1. The van der Waals surface area contributed by atoms with Crippen molar-refractivity contribution in [1.29, 1.82) is 0 Å². The summed E-state index contributed by atoms with van der Waals surface area (Å²) < 4.78 is 13.2. The number of amides is 1. The molecule has 0 aliphatic carbocycles. The molecule has 0 saturated heterocycles. The molecule has 0 saturated carbocycles. The van der Waals surface area contributed by atoms with E-state index in [-0.39, 0.29) is 11.7 Å². The van der Waals surface area contributed by atoms with Crippen molar-refractivity contribution in [2.45, 2.75) is 19.4 Å². The number of carbonyl (C=O) groups is 1. The molecular weight excluding hydrogens is 169 g/mol. The first-order valence-corrected chi connectivity index (χ1v) is 4.30. The SMILES string of the molecule is O=C1CCc2cccc(F)c2CN1. The summed E-state index contributed by atoms with van der Waals surface area (Å²) in [5.41, 5.74) is 1.58. The molecule has 68 valence electrons. The van der Waals surface area contributed by atoms with Gasteiger partial charge in [0.05, 0.1) is 0 Å². The monoisotopic (exact) mass is 179 g/mol. The fraction of sp³-hybridized carbons (Fsp3) is 0.300. The maximum atomic E-state index is 13.2. The molecular formula is C10H10FNO. The summed E-state index contributed by atoms with van der Waals surface area (Å²) in [7, 11) is 0. The Morgan fingerprint density at radius 3 is 3.00 bits per heavy atom. The van der Waals surface area contributed by atoms with Crippen LogP contribution in [0.1, 0.15) is 17.5 Å². The van der Waals surface area contributed by atoms with Crippen LogP contribution in [-0.4, -0.2) is 5.91 Å².